The lowest BCUT2D eigenvalue weighted by Crippen LogP contribution is -2.55. The molecule has 1 heterocycles. The Bertz CT molecular complexity index is 908. The third-order valence-electron chi connectivity index (χ3n) is 4.48. The standard InChI is InChI=1S/C20H26N6O5S/c21-14(10-32)18(28)23-9-17(27)25-15(6-12-4-2-1-3-5-12)19(29)26-16(20(30)31)7-13-8-22-11-24-13/h1-5,8,11,14-16,32H,6-7,9-10,21H2,(H,22,24)(H,23,28)(H,25,27)(H,26,29)(H,30,31). The van der Waals surface area contributed by atoms with E-state index in [1.165, 1.54) is 12.5 Å². The number of nitrogens with two attached hydrogens (primary N) is 1. The molecule has 0 fully saturated rings. The van der Waals surface area contributed by atoms with Gasteiger partial charge in [-0.15, -0.1) is 0 Å². The quantitative estimate of drug-likeness (QED) is 0.190. The molecule has 0 saturated heterocycles. The zero-order valence-corrected chi connectivity index (χ0v) is 18.0. The fourth-order valence-corrected chi connectivity index (χ4v) is 2.94. The summed E-state index contributed by atoms with van der Waals surface area (Å²) in [5.74, 6) is -2.97. The summed E-state index contributed by atoms with van der Waals surface area (Å²) in [7, 11) is 0. The smallest absolute Gasteiger partial charge is 0.326 e. The summed E-state index contributed by atoms with van der Waals surface area (Å²) in [5, 5.41) is 16.9. The number of H-pyrrole nitrogens is 1. The van der Waals surface area contributed by atoms with E-state index in [1.54, 1.807) is 24.3 Å². The van der Waals surface area contributed by atoms with Crippen molar-refractivity contribution in [1.29, 1.82) is 0 Å². The summed E-state index contributed by atoms with van der Waals surface area (Å²) in [6.07, 6.45) is 2.98. The molecule has 2 aromatic rings. The molecule has 0 aliphatic rings. The monoisotopic (exact) mass is 462 g/mol. The maximum atomic E-state index is 12.9. The second kappa shape index (κ2) is 12.5. The van der Waals surface area contributed by atoms with Crippen LogP contribution in [0.5, 0.6) is 0 Å². The van der Waals surface area contributed by atoms with Crippen LogP contribution in [0, 0.1) is 0 Å². The number of benzene rings is 1. The van der Waals surface area contributed by atoms with Crippen molar-refractivity contribution in [1.82, 2.24) is 25.9 Å². The third kappa shape index (κ3) is 8.04. The van der Waals surface area contributed by atoms with Gasteiger partial charge in [0.2, 0.25) is 17.7 Å². The van der Waals surface area contributed by atoms with Crippen molar-refractivity contribution in [3.63, 3.8) is 0 Å². The summed E-state index contributed by atoms with van der Waals surface area (Å²) in [6.45, 7) is -0.393. The highest BCUT2D eigenvalue weighted by atomic mass is 32.1. The summed E-state index contributed by atoms with van der Waals surface area (Å²) < 4.78 is 0. The maximum Gasteiger partial charge on any atom is 0.326 e. The summed E-state index contributed by atoms with van der Waals surface area (Å²) in [6, 6.07) is 5.76. The highest BCUT2D eigenvalue weighted by Gasteiger charge is 2.27. The zero-order chi connectivity index (χ0) is 23.5. The van der Waals surface area contributed by atoms with Gasteiger partial charge in [-0.2, -0.15) is 12.6 Å². The average Bonchev–Trinajstić information content (AvgIpc) is 3.29. The first kappa shape index (κ1) is 24.9. The molecule has 0 spiro atoms. The highest BCUT2D eigenvalue weighted by molar-refractivity contribution is 7.80. The Kier molecular flexibility index (Phi) is 9.70. The zero-order valence-electron chi connectivity index (χ0n) is 17.2. The van der Waals surface area contributed by atoms with Crippen LogP contribution < -0.4 is 21.7 Å². The SMILES string of the molecule is NC(CS)C(=O)NCC(=O)NC(Cc1ccccc1)C(=O)NC(Cc1cnc[nH]1)C(=O)O. The molecule has 0 bridgehead atoms. The number of thiol groups is 1. The van der Waals surface area contributed by atoms with Gasteiger partial charge in [0, 0.05) is 30.5 Å². The van der Waals surface area contributed by atoms with Gasteiger partial charge in [0.25, 0.3) is 0 Å². The number of hydrogen-bond acceptors (Lipinski definition) is 7. The van der Waals surface area contributed by atoms with Crippen LogP contribution >= 0.6 is 12.6 Å². The number of carbonyl (C=O) groups is 4. The number of imidazole rings is 1. The number of aromatic nitrogens is 2. The Morgan fingerprint density at radius 1 is 1.06 bits per heavy atom. The van der Waals surface area contributed by atoms with Crippen molar-refractivity contribution in [2.75, 3.05) is 12.3 Å². The molecular formula is C20H26N6O5S. The second-order valence-electron chi connectivity index (χ2n) is 7.00. The van der Waals surface area contributed by atoms with Crippen molar-refractivity contribution in [3.8, 4) is 0 Å². The molecule has 7 N–H and O–H groups in total. The first-order valence-electron chi connectivity index (χ1n) is 9.78. The molecule has 1 aromatic carbocycles. The van der Waals surface area contributed by atoms with Crippen LogP contribution in [0.2, 0.25) is 0 Å². The van der Waals surface area contributed by atoms with Gasteiger partial charge < -0.3 is 31.8 Å². The van der Waals surface area contributed by atoms with Crippen LogP contribution in [0.3, 0.4) is 0 Å². The van der Waals surface area contributed by atoms with E-state index >= 15 is 0 Å². The summed E-state index contributed by atoms with van der Waals surface area (Å²) >= 11 is 3.92. The van der Waals surface area contributed by atoms with Crippen LogP contribution in [-0.4, -0.2) is 69.2 Å². The summed E-state index contributed by atoms with van der Waals surface area (Å²) in [5.41, 5.74) is 6.84. The molecule has 32 heavy (non-hydrogen) atoms. The number of carboxylic acids is 1. The van der Waals surface area contributed by atoms with Gasteiger partial charge in [0.05, 0.1) is 18.9 Å². The minimum atomic E-state index is -1.23. The molecule has 3 amide bonds. The second-order valence-corrected chi connectivity index (χ2v) is 7.36. The van der Waals surface area contributed by atoms with E-state index in [9.17, 15) is 24.3 Å². The number of aromatic amines is 1. The molecule has 3 unspecified atom stereocenters. The molecule has 1 aromatic heterocycles. The predicted octanol–water partition coefficient (Wildman–Crippen LogP) is -1.38. The number of nitrogens with one attached hydrogen (secondary N) is 4. The van der Waals surface area contributed by atoms with Gasteiger partial charge in [0.15, 0.2) is 0 Å². The lowest BCUT2D eigenvalue weighted by molar-refractivity contribution is -0.142. The van der Waals surface area contributed by atoms with E-state index in [0.29, 0.717) is 5.69 Å². The normalized spacial score (nSPS) is 13.4. The molecule has 0 radical (unpaired) electrons. The molecule has 0 saturated carbocycles. The largest absolute Gasteiger partial charge is 0.480 e. The molecule has 0 aliphatic carbocycles. The van der Waals surface area contributed by atoms with Gasteiger partial charge >= 0.3 is 5.97 Å². The number of rotatable bonds is 12. The molecular weight excluding hydrogens is 436 g/mol. The van der Waals surface area contributed by atoms with Crippen LogP contribution in [0.25, 0.3) is 0 Å². The third-order valence-corrected chi connectivity index (χ3v) is 4.88. The topological polar surface area (TPSA) is 179 Å². The minimum Gasteiger partial charge on any atom is -0.480 e. The highest BCUT2D eigenvalue weighted by Crippen LogP contribution is 2.05. The fourth-order valence-electron chi connectivity index (χ4n) is 2.77. The molecule has 11 nitrogen and oxygen atoms in total. The van der Waals surface area contributed by atoms with Crippen LogP contribution in [0.15, 0.2) is 42.9 Å². The number of carboxylic acid groups (broad SMARTS) is 1. The Balaban J connectivity index is 2.07. The minimum absolute atomic E-state index is 0.00918. The van der Waals surface area contributed by atoms with Crippen molar-refractivity contribution in [3.05, 3.63) is 54.1 Å². The molecule has 3 atom stereocenters. The van der Waals surface area contributed by atoms with Crippen molar-refractivity contribution >= 4 is 36.3 Å². The first-order chi connectivity index (χ1) is 15.3. The van der Waals surface area contributed by atoms with Gasteiger partial charge in [-0.05, 0) is 5.56 Å². The van der Waals surface area contributed by atoms with E-state index in [0.717, 1.165) is 5.56 Å². The lowest BCUT2D eigenvalue weighted by atomic mass is 10.0. The molecule has 172 valence electrons. The molecule has 0 aliphatic heterocycles. The predicted molar refractivity (Wildman–Crippen MR) is 119 cm³/mol. The first-order valence-corrected chi connectivity index (χ1v) is 10.4. The fraction of sp³-hybridized carbons (Fsp3) is 0.350. The van der Waals surface area contributed by atoms with Crippen LogP contribution in [-0.2, 0) is 32.0 Å². The Morgan fingerprint density at radius 3 is 2.38 bits per heavy atom. The number of amides is 3. The van der Waals surface area contributed by atoms with E-state index in [-0.39, 0.29) is 18.6 Å². The number of nitrogens with zero attached hydrogens (tertiary/aromatic N) is 1. The van der Waals surface area contributed by atoms with Crippen molar-refractivity contribution in [2.24, 2.45) is 5.73 Å². The van der Waals surface area contributed by atoms with E-state index < -0.39 is 48.4 Å². The Labute approximate surface area is 190 Å². The van der Waals surface area contributed by atoms with Gasteiger partial charge in [0.1, 0.15) is 12.1 Å². The molecule has 2 rings (SSSR count). The number of carbonyl (C=O) groups excluding carboxylic acids is 3. The van der Waals surface area contributed by atoms with Gasteiger partial charge in [-0.3, -0.25) is 14.4 Å². The van der Waals surface area contributed by atoms with Crippen LogP contribution in [0.4, 0.5) is 0 Å². The van der Waals surface area contributed by atoms with E-state index in [2.05, 4.69) is 38.5 Å². The number of aliphatic carboxylic acids is 1. The van der Waals surface area contributed by atoms with Crippen molar-refractivity contribution < 1.29 is 24.3 Å². The van der Waals surface area contributed by atoms with Crippen molar-refractivity contribution in [2.45, 2.75) is 31.0 Å². The van der Waals surface area contributed by atoms with Gasteiger partial charge in [-0.1, -0.05) is 30.3 Å². The Hall–Kier alpha value is -3.38. The molecule has 12 heteroatoms. The summed E-state index contributed by atoms with van der Waals surface area (Å²) in [4.78, 5) is 55.2. The van der Waals surface area contributed by atoms with Crippen LogP contribution in [0.1, 0.15) is 11.3 Å². The average molecular weight is 463 g/mol. The van der Waals surface area contributed by atoms with Gasteiger partial charge in [-0.25, -0.2) is 9.78 Å². The lowest BCUT2D eigenvalue weighted by Gasteiger charge is -2.22. The number of hydrogen-bond donors (Lipinski definition) is 7. The van der Waals surface area contributed by atoms with E-state index in [4.69, 9.17) is 5.73 Å². The van der Waals surface area contributed by atoms with E-state index in [1.807, 2.05) is 6.07 Å². The maximum absolute atomic E-state index is 12.9. The Morgan fingerprint density at radius 2 is 1.78 bits per heavy atom.